The van der Waals surface area contributed by atoms with Crippen molar-refractivity contribution in [3.8, 4) is 0 Å². The molecule has 2 aromatic heterocycles. The van der Waals surface area contributed by atoms with Gasteiger partial charge in [-0.3, -0.25) is 14.8 Å². The Morgan fingerprint density at radius 1 is 1.00 bits per heavy atom. The van der Waals surface area contributed by atoms with E-state index in [-0.39, 0.29) is 5.91 Å². The molecule has 2 aliphatic heterocycles. The SMILES string of the molecule is O=C1Nc2cc(Cl)c(CCN3CCN(c4n[nH]c5ccccc45)CC3)cc2C1c1nsc2ccccc12. The summed E-state index contributed by atoms with van der Waals surface area (Å²) in [6.07, 6.45) is 0.830. The molecule has 186 valence electrons. The lowest BCUT2D eigenvalue weighted by atomic mass is 9.93. The zero-order chi connectivity index (χ0) is 24.9. The van der Waals surface area contributed by atoms with Crippen molar-refractivity contribution >= 4 is 61.5 Å². The molecule has 4 heterocycles. The van der Waals surface area contributed by atoms with Crippen molar-refractivity contribution in [2.45, 2.75) is 12.3 Å². The first-order valence-electron chi connectivity index (χ1n) is 12.5. The summed E-state index contributed by atoms with van der Waals surface area (Å²) in [5.41, 5.74) is 4.73. The standard InChI is InChI=1S/C28H25ClN6OS/c29-21-16-23-20(25(28(36)30-23)26-19-6-2-4-8-24(19)37-33-26)15-17(21)9-10-34-11-13-35(14-12-34)27-18-5-1-3-7-22(18)31-32-27/h1-8,15-16,25H,9-14H2,(H,30,36)(H,31,32). The summed E-state index contributed by atoms with van der Waals surface area (Å²) in [5.74, 6) is 0.588. The molecule has 0 bridgehead atoms. The van der Waals surface area contributed by atoms with E-state index in [4.69, 9.17) is 11.6 Å². The number of nitrogens with zero attached hydrogens (tertiary/aromatic N) is 4. The molecule has 2 aliphatic rings. The van der Waals surface area contributed by atoms with Gasteiger partial charge in [-0.15, -0.1) is 0 Å². The van der Waals surface area contributed by atoms with Crippen LogP contribution in [0.4, 0.5) is 11.5 Å². The average Bonchev–Trinajstić information content (AvgIpc) is 3.62. The van der Waals surface area contributed by atoms with Crippen LogP contribution in [0, 0.1) is 0 Å². The van der Waals surface area contributed by atoms with Gasteiger partial charge >= 0.3 is 0 Å². The highest BCUT2D eigenvalue weighted by Gasteiger charge is 2.35. The molecule has 0 radical (unpaired) electrons. The molecule has 1 atom stereocenters. The van der Waals surface area contributed by atoms with Gasteiger partial charge in [0, 0.05) is 54.2 Å². The van der Waals surface area contributed by atoms with E-state index in [1.54, 1.807) is 0 Å². The van der Waals surface area contributed by atoms with Gasteiger partial charge in [-0.25, -0.2) is 0 Å². The lowest BCUT2D eigenvalue weighted by Gasteiger charge is -2.35. The number of carbonyl (C=O) groups is 1. The number of rotatable bonds is 5. The molecule has 3 aromatic carbocycles. The fourth-order valence-corrected chi connectivity index (χ4v) is 6.63. The molecule has 1 fully saturated rings. The summed E-state index contributed by atoms with van der Waals surface area (Å²) in [4.78, 5) is 17.8. The van der Waals surface area contributed by atoms with Gasteiger partial charge < -0.3 is 10.2 Å². The third-order valence-corrected chi connectivity index (χ3v) is 8.74. The lowest BCUT2D eigenvalue weighted by molar-refractivity contribution is -0.116. The van der Waals surface area contributed by atoms with Crippen LogP contribution in [0.2, 0.25) is 5.02 Å². The Morgan fingerprint density at radius 3 is 2.65 bits per heavy atom. The first-order chi connectivity index (χ1) is 18.2. The van der Waals surface area contributed by atoms with Gasteiger partial charge in [0.1, 0.15) is 5.92 Å². The molecular formula is C28H25ClN6OS. The molecule has 2 N–H and O–H groups in total. The largest absolute Gasteiger partial charge is 0.352 e. The normalized spacial score (nSPS) is 18.0. The molecule has 0 saturated carbocycles. The number of nitrogens with one attached hydrogen (secondary N) is 2. The van der Waals surface area contributed by atoms with Crippen LogP contribution in [0.25, 0.3) is 21.0 Å². The highest BCUT2D eigenvalue weighted by Crippen LogP contribution is 2.42. The van der Waals surface area contributed by atoms with E-state index in [2.05, 4.69) is 54.0 Å². The van der Waals surface area contributed by atoms with Gasteiger partial charge in [0.15, 0.2) is 5.82 Å². The molecule has 7 rings (SSSR count). The number of hydrogen-bond donors (Lipinski definition) is 2. The van der Waals surface area contributed by atoms with E-state index in [0.29, 0.717) is 5.02 Å². The van der Waals surface area contributed by atoms with Crippen molar-refractivity contribution in [3.63, 3.8) is 0 Å². The van der Waals surface area contributed by atoms with E-state index >= 15 is 0 Å². The second kappa shape index (κ2) is 9.13. The Labute approximate surface area is 223 Å². The van der Waals surface area contributed by atoms with E-state index in [1.165, 1.54) is 16.9 Å². The second-order valence-electron chi connectivity index (χ2n) is 9.69. The number of carbonyl (C=O) groups excluding carboxylic acids is 1. The Kier molecular flexibility index (Phi) is 5.61. The number of fused-ring (bicyclic) bond motifs is 3. The van der Waals surface area contributed by atoms with Gasteiger partial charge in [-0.05, 0) is 53.3 Å². The molecule has 1 unspecified atom stereocenters. The van der Waals surface area contributed by atoms with Crippen molar-refractivity contribution < 1.29 is 4.79 Å². The zero-order valence-electron chi connectivity index (χ0n) is 20.1. The summed E-state index contributed by atoms with van der Waals surface area (Å²) in [5, 5.41) is 13.6. The van der Waals surface area contributed by atoms with Crippen LogP contribution in [-0.4, -0.2) is 58.1 Å². The van der Waals surface area contributed by atoms with E-state index in [1.807, 2.05) is 36.4 Å². The molecule has 1 amide bonds. The van der Waals surface area contributed by atoms with Crippen molar-refractivity contribution in [3.05, 3.63) is 82.5 Å². The van der Waals surface area contributed by atoms with Crippen molar-refractivity contribution in [2.24, 2.45) is 0 Å². The quantitative estimate of drug-likeness (QED) is 0.325. The highest BCUT2D eigenvalue weighted by atomic mass is 35.5. The van der Waals surface area contributed by atoms with Crippen molar-refractivity contribution in [2.75, 3.05) is 42.9 Å². The Balaban J connectivity index is 1.06. The third-order valence-electron chi connectivity index (χ3n) is 7.55. The number of aromatic amines is 1. The van der Waals surface area contributed by atoms with Crippen LogP contribution in [0.1, 0.15) is 22.7 Å². The lowest BCUT2D eigenvalue weighted by Crippen LogP contribution is -2.47. The topological polar surface area (TPSA) is 77.2 Å². The molecule has 9 heteroatoms. The molecule has 0 spiro atoms. The number of piperazine rings is 1. The number of aromatic nitrogens is 3. The number of hydrogen-bond acceptors (Lipinski definition) is 6. The summed E-state index contributed by atoms with van der Waals surface area (Å²) < 4.78 is 5.77. The predicted molar refractivity (Wildman–Crippen MR) is 150 cm³/mol. The second-order valence-corrected chi connectivity index (χ2v) is 10.9. The molecule has 37 heavy (non-hydrogen) atoms. The number of benzene rings is 3. The monoisotopic (exact) mass is 528 g/mol. The number of anilines is 2. The van der Waals surface area contributed by atoms with E-state index in [0.717, 1.165) is 83.1 Å². The fraction of sp³-hybridized carbons (Fsp3) is 0.250. The zero-order valence-corrected chi connectivity index (χ0v) is 21.6. The summed E-state index contributed by atoms with van der Waals surface area (Å²) in [6, 6.07) is 20.4. The number of H-pyrrole nitrogens is 1. The third kappa shape index (κ3) is 3.96. The van der Waals surface area contributed by atoms with Crippen molar-refractivity contribution in [1.29, 1.82) is 0 Å². The molecule has 5 aromatic rings. The predicted octanol–water partition coefficient (Wildman–Crippen LogP) is 5.27. The van der Waals surface area contributed by atoms with Gasteiger partial charge in [0.05, 0.1) is 15.9 Å². The summed E-state index contributed by atoms with van der Waals surface area (Å²) in [7, 11) is 0. The van der Waals surface area contributed by atoms with Crippen LogP contribution in [0.15, 0.2) is 60.7 Å². The van der Waals surface area contributed by atoms with Crippen LogP contribution >= 0.6 is 23.1 Å². The summed E-state index contributed by atoms with van der Waals surface area (Å²) >= 11 is 8.12. The highest BCUT2D eigenvalue weighted by molar-refractivity contribution is 7.13. The average molecular weight is 529 g/mol. The number of para-hydroxylation sites is 1. The van der Waals surface area contributed by atoms with Crippen LogP contribution in [0.3, 0.4) is 0 Å². The van der Waals surface area contributed by atoms with Gasteiger partial charge in [-0.2, -0.15) is 9.47 Å². The molecular weight excluding hydrogens is 504 g/mol. The number of amides is 1. The Hall–Kier alpha value is -3.46. The minimum atomic E-state index is -0.408. The van der Waals surface area contributed by atoms with Crippen LogP contribution < -0.4 is 10.2 Å². The maximum atomic E-state index is 13.0. The van der Waals surface area contributed by atoms with Crippen LogP contribution in [0.5, 0.6) is 0 Å². The minimum absolute atomic E-state index is 0.0405. The molecule has 0 aliphatic carbocycles. The van der Waals surface area contributed by atoms with Crippen molar-refractivity contribution in [1.82, 2.24) is 19.5 Å². The number of halogens is 1. The van der Waals surface area contributed by atoms with Crippen LogP contribution in [-0.2, 0) is 11.2 Å². The van der Waals surface area contributed by atoms with Gasteiger partial charge in [-0.1, -0.05) is 48.0 Å². The maximum Gasteiger partial charge on any atom is 0.238 e. The van der Waals surface area contributed by atoms with Gasteiger partial charge in [0.2, 0.25) is 5.91 Å². The summed E-state index contributed by atoms with van der Waals surface area (Å²) in [6.45, 7) is 4.72. The first kappa shape index (κ1) is 22.7. The Morgan fingerprint density at radius 2 is 1.78 bits per heavy atom. The molecule has 7 nitrogen and oxygen atoms in total. The molecule has 1 saturated heterocycles. The maximum absolute atomic E-state index is 13.0. The van der Waals surface area contributed by atoms with E-state index in [9.17, 15) is 4.79 Å². The minimum Gasteiger partial charge on any atom is -0.352 e. The van der Waals surface area contributed by atoms with E-state index < -0.39 is 5.92 Å². The van der Waals surface area contributed by atoms with Gasteiger partial charge in [0.25, 0.3) is 0 Å². The fourth-order valence-electron chi connectivity index (χ4n) is 5.56. The smallest absolute Gasteiger partial charge is 0.238 e. The Bertz CT molecular complexity index is 1640. The first-order valence-corrected chi connectivity index (χ1v) is 13.7.